The van der Waals surface area contributed by atoms with Gasteiger partial charge in [-0.25, -0.2) is 9.78 Å². The Labute approximate surface area is 198 Å². The van der Waals surface area contributed by atoms with E-state index < -0.39 is 18.5 Å². The van der Waals surface area contributed by atoms with Gasteiger partial charge in [-0.05, 0) is 57.2 Å². The second-order valence-electron chi connectivity index (χ2n) is 8.01. The first kappa shape index (κ1) is 24.7. The lowest BCUT2D eigenvalue weighted by Gasteiger charge is -2.21. The molecular formula is C26H29N3O5. The Morgan fingerprint density at radius 3 is 2.41 bits per heavy atom. The molecule has 0 radical (unpaired) electrons. The summed E-state index contributed by atoms with van der Waals surface area (Å²) in [5, 5.41) is 3.37. The first-order valence-electron chi connectivity index (χ1n) is 11.1. The fourth-order valence-electron chi connectivity index (χ4n) is 3.47. The molecule has 178 valence electrons. The van der Waals surface area contributed by atoms with E-state index >= 15 is 0 Å². The summed E-state index contributed by atoms with van der Waals surface area (Å²) in [5.41, 5.74) is 2.35. The van der Waals surface area contributed by atoms with Crippen LogP contribution in [0, 0.1) is 0 Å². The first-order valence-corrected chi connectivity index (χ1v) is 11.1. The molecule has 1 N–H and O–H groups in total. The van der Waals surface area contributed by atoms with E-state index in [9.17, 15) is 14.4 Å². The number of aromatic nitrogens is 1. The van der Waals surface area contributed by atoms with Gasteiger partial charge >= 0.3 is 5.97 Å². The van der Waals surface area contributed by atoms with Crippen LogP contribution in [0.2, 0.25) is 0 Å². The number of carbonyl (C=O) groups excluding carboxylic acids is 3. The molecule has 0 spiro atoms. The van der Waals surface area contributed by atoms with Crippen LogP contribution in [0.25, 0.3) is 22.2 Å². The number of fused-ring (bicyclic) bond motifs is 1. The SMILES string of the molecule is CCN(CC(=O)NC(C)C)C(=O)COC(=O)c1cc(-c2ccc(OC)cc2)nc2ccccc12. The van der Waals surface area contributed by atoms with Crippen molar-refractivity contribution in [3.05, 3.63) is 60.2 Å². The van der Waals surface area contributed by atoms with Crippen LogP contribution in [-0.4, -0.2) is 60.5 Å². The maximum atomic E-state index is 13.0. The van der Waals surface area contributed by atoms with Crippen molar-refractivity contribution >= 4 is 28.7 Å². The molecule has 0 bridgehead atoms. The second kappa shape index (κ2) is 11.3. The number of ether oxygens (including phenoxy) is 2. The number of hydrogen-bond donors (Lipinski definition) is 1. The predicted molar refractivity (Wildman–Crippen MR) is 130 cm³/mol. The van der Waals surface area contributed by atoms with E-state index in [-0.39, 0.29) is 18.5 Å². The van der Waals surface area contributed by atoms with Crippen molar-refractivity contribution in [2.75, 3.05) is 26.8 Å². The minimum absolute atomic E-state index is 0.0287. The van der Waals surface area contributed by atoms with Gasteiger partial charge in [-0.1, -0.05) is 18.2 Å². The van der Waals surface area contributed by atoms with Crippen LogP contribution in [0.3, 0.4) is 0 Å². The zero-order chi connectivity index (χ0) is 24.7. The Hall–Kier alpha value is -3.94. The fraction of sp³-hybridized carbons (Fsp3) is 0.308. The van der Waals surface area contributed by atoms with Crippen LogP contribution < -0.4 is 10.1 Å². The lowest BCUT2D eigenvalue weighted by Crippen LogP contribution is -2.44. The van der Waals surface area contributed by atoms with Crippen molar-refractivity contribution in [2.45, 2.75) is 26.8 Å². The highest BCUT2D eigenvalue weighted by molar-refractivity contribution is 6.05. The van der Waals surface area contributed by atoms with Gasteiger partial charge in [0.15, 0.2) is 6.61 Å². The normalized spacial score (nSPS) is 10.7. The average molecular weight is 464 g/mol. The minimum atomic E-state index is -0.635. The van der Waals surface area contributed by atoms with Crippen LogP contribution in [0.5, 0.6) is 5.75 Å². The Bertz CT molecular complexity index is 1170. The van der Waals surface area contributed by atoms with Crippen LogP contribution >= 0.6 is 0 Å². The summed E-state index contributed by atoms with van der Waals surface area (Å²) in [6, 6.07) is 16.2. The number of rotatable bonds is 9. The van der Waals surface area contributed by atoms with Crippen molar-refractivity contribution in [1.29, 1.82) is 0 Å². The van der Waals surface area contributed by atoms with Crippen molar-refractivity contribution in [1.82, 2.24) is 15.2 Å². The number of esters is 1. The lowest BCUT2D eigenvalue weighted by molar-refractivity contribution is -0.138. The summed E-state index contributed by atoms with van der Waals surface area (Å²) < 4.78 is 10.6. The van der Waals surface area contributed by atoms with Gasteiger partial charge in [0.2, 0.25) is 5.91 Å². The standard InChI is InChI=1S/C26H29N3O5/c1-5-29(15-24(30)27-17(2)3)25(31)16-34-26(32)21-14-23(18-10-12-19(33-4)13-11-18)28-22-9-7-6-8-20(21)22/h6-14,17H,5,15-16H2,1-4H3,(H,27,30). The van der Waals surface area contributed by atoms with Gasteiger partial charge in [0.25, 0.3) is 5.91 Å². The van der Waals surface area contributed by atoms with Gasteiger partial charge in [-0.15, -0.1) is 0 Å². The highest BCUT2D eigenvalue weighted by Crippen LogP contribution is 2.26. The summed E-state index contributed by atoms with van der Waals surface area (Å²) in [6.45, 7) is 5.22. The number of hydrogen-bond acceptors (Lipinski definition) is 6. The summed E-state index contributed by atoms with van der Waals surface area (Å²) in [6.07, 6.45) is 0. The average Bonchev–Trinajstić information content (AvgIpc) is 2.84. The molecule has 3 aromatic rings. The molecule has 0 saturated carbocycles. The van der Waals surface area contributed by atoms with Gasteiger partial charge in [0.1, 0.15) is 5.75 Å². The Balaban J connectivity index is 1.80. The molecule has 0 saturated heterocycles. The maximum Gasteiger partial charge on any atom is 0.339 e. The van der Waals surface area contributed by atoms with Gasteiger partial charge in [-0.2, -0.15) is 0 Å². The zero-order valence-electron chi connectivity index (χ0n) is 19.8. The predicted octanol–water partition coefficient (Wildman–Crippen LogP) is 3.44. The smallest absolute Gasteiger partial charge is 0.339 e. The third kappa shape index (κ3) is 6.10. The molecule has 2 aromatic carbocycles. The number of pyridine rings is 1. The third-order valence-corrected chi connectivity index (χ3v) is 5.17. The quantitative estimate of drug-likeness (QED) is 0.488. The van der Waals surface area contributed by atoms with Crippen LogP contribution in [0.15, 0.2) is 54.6 Å². The molecule has 0 aliphatic heterocycles. The van der Waals surface area contributed by atoms with E-state index in [0.29, 0.717) is 34.5 Å². The summed E-state index contributed by atoms with van der Waals surface area (Å²) in [4.78, 5) is 43.6. The molecule has 0 unspecified atom stereocenters. The molecular weight excluding hydrogens is 434 g/mol. The van der Waals surface area contributed by atoms with Crippen LogP contribution in [0.1, 0.15) is 31.1 Å². The molecule has 2 amide bonds. The molecule has 0 atom stereocenters. The molecule has 0 fully saturated rings. The Morgan fingerprint density at radius 2 is 1.76 bits per heavy atom. The molecule has 8 heteroatoms. The van der Waals surface area contributed by atoms with Crippen molar-refractivity contribution in [3.63, 3.8) is 0 Å². The maximum absolute atomic E-state index is 13.0. The van der Waals surface area contributed by atoms with E-state index in [2.05, 4.69) is 10.3 Å². The van der Waals surface area contributed by atoms with Gasteiger partial charge in [0.05, 0.1) is 30.4 Å². The second-order valence-corrected chi connectivity index (χ2v) is 8.01. The molecule has 1 aromatic heterocycles. The van der Waals surface area contributed by atoms with E-state index in [1.165, 1.54) is 4.90 Å². The molecule has 1 heterocycles. The molecule has 8 nitrogen and oxygen atoms in total. The van der Waals surface area contributed by atoms with Gasteiger partial charge in [0, 0.05) is 23.5 Å². The van der Waals surface area contributed by atoms with Crippen LogP contribution in [-0.2, 0) is 14.3 Å². The largest absolute Gasteiger partial charge is 0.497 e. The molecule has 0 aliphatic carbocycles. The Kier molecular flexibility index (Phi) is 8.19. The monoisotopic (exact) mass is 463 g/mol. The fourth-order valence-corrected chi connectivity index (χ4v) is 3.47. The number of nitrogens with one attached hydrogen (secondary N) is 1. The van der Waals surface area contributed by atoms with Gasteiger partial charge in [-0.3, -0.25) is 9.59 Å². The van der Waals surface area contributed by atoms with Crippen molar-refractivity contribution in [3.8, 4) is 17.0 Å². The molecule has 34 heavy (non-hydrogen) atoms. The topological polar surface area (TPSA) is 97.8 Å². The van der Waals surface area contributed by atoms with Gasteiger partial charge < -0.3 is 19.7 Å². The number of carbonyl (C=O) groups is 3. The zero-order valence-corrected chi connectivity index (χ0v) is 19.8. The molecule has 3 rings (SSSR count). The van der Waals surface area contributed by atoms with E-state index in [1.807, 2.05) is 56.3 Å². The Morgan fingerprint density at radius 1 is 1.06 bits per heavy atom. The number of nitrogens with zero attached hydrogens (tertiary/aromatic N) is 2. The number of methoxy groups -OCH3 is 1. The molecule has 0 aliphatic rings. The van der Waals surface area contributed by atoms with E-state index in [1.54, 1.807) is 26.2 Å². The number of amides is 2. The van der Waals surface area contributed by atoms with E-state index in [4.69, 9.17) is 9.47 Å². The number of likely N-dealkylation sites (N-methyl/N-ethyl adjacent to an activating group) is 1. The highest BCUT2D eigenvalue weighted by Gasteiger charge is 2.20. The number of para-hydroxylation sites is 1. The minimum Gasteiger partial charge on any atom is -0.497 e. The lowest BCUT2D eigenvalue weighted by atomic mass is 10.0. The summed E-state index contributed by atoms with van der Waals surface area (Å²) in [7, 11) is 1.59. The van der Waals surface area contributed by atoms with Crippen molar-refractivity contribution in [2.24, 2.45) is 0 Å². The summed E-state index contributed by atoms with van der Waals surface area (Å²) in [5.74, 6) is -0.626. The highest BCUT2D eigenvalue weighted by atomic mass is 16.5. The van der Waals surface area contributed by atoms with Crippen molar-refractivity contribution < 1.29 is 23.9 Å². The summed E-state index contributed by atoms with van der Waals surface area (Å²) >= 11 is 0. The third-order valence-electron chi connectivity index (χ3n) is 5.17. The van der Waals surface area contributed by atoms with Crippen LogP contribution in [0.4, 0.5) is 0 Å². The van der Waals surface area contributed by atoms with E-state index in [0.717, 1.165) is 5.56 Å². The first-order chi connectivity index (χ1) is 16.3. The number of benzene rings is 2.